The Hall–Kier alpha value is -2.35. The van der Waals surface area contributed by atoms with Crippen molar-refractivity contribution in [1.82, 2.24) is 0 Å². The molecule has 0 bridgehead atoms. The summed E-state index contributed by atoms with van der Waals surface area (Å²) in [7, 11) is 0. The van der Waals surface area contributed by atoms with Crippen LogP contribution in [0, 0.1) is 0 Å². The van der Waals surface area contributed by atoms with Crippen molar-refractivity contribution in [3.8, 4) is 5.75 Å². The van der Waals surface area contributed by atoms with Crippen molar-refractivity contribution < 1.29 is 9.53 Å². The molecule has 2 nitrogen and oxygen atoms in total. The number of carbonyl (C=O) groups is 1. The SMILES string of the molecule is C=CCc1ccc(OC(=O)CCCCCCC/C=C\C/C=C\C/C=C\CC)cc1. The Morgan fingerprint density at radius 1 is 0.862 bits per heavy atom. The Morgan fingerprint density at radius 2 is 1.48 bits per heavy atom. The quantitative estimate of drug-likeness (QED) is 0.123. The highest BCUT2D eigenvalue weighted by Gasteiger charge is 2.04. The summed E-state index contributed by atoms with van der Waals surface area (Å²) >= 11 is 0. The van der Waals surface area contributed by atoms with Crippen LogP contribution in [0.2, 0.25) is 0 Å². The van der Waals surface area contributed by atoms with Crippen molar-refractivity contribution in [1.29, 1.82) is 0 Å². The van der Waals surface area contributed by atoms with Crippen molar-refractivity contribution in [2.24, 2.45) is 0 Å². The van der Waals surface area contributed by atoms with Crippen LogP contribution in [0.5, 0.6) is 5.75 Å². The van der Waals surface area contributed by atoms with Gasteiger partial charge in [-0.1, -0.05) is 80.9 Å². The average molecular weight is 395 g/mol. The van der Waals surface area contributed by atoms with E-state index in [4.69, 9.17) is 4.74 Å². The molecule has 1 rings (SSSR count). The van der Waals surface area contributed by atoms with Crippen molar-refractivity contribution in [3.05, 3.63) is 78.9 Å². The molecule has 0 aliphatic rings. The van der Waals surface area contributed by atoms with Crippen LogP contribution in [-0.2, 0) is 11.2 Å². The predicted octanol–water partition coefficient (Wildman–Crippen LogP) is 7.91. The summed E-state index contributed by atoms with van der Waals surface area (Å²) in [5, 5.41) is 0. The topological polar surface area (TPSA) is 26.3 Å². The van der Waals surface area contributed by atoms with Crippen LogP contribution in [0.1, 0.15) is 76.7 Å². The van der Waals surface area contributed by atoms with Gasteiger partial charge in [0.2, 0.25) is 0 Å². The van der Waals surface area contributed by atoms with Crippen LogP contribution in [0.3, 0.4) is 0 Å². The van der Waals surface area contributed by atoms with Crippen LogP contribution >= 0.6 is 0 Å². The Labute approximate surface area is 178 Å². The first-order valence-corrected chi connectivity index (χ1v) is 11.1. The van der Waals surface area contributed by atoms with Crippen molar-refractivity contribution in [3.63, 3.8) is 0 Å². The highest BCUT2D eigenvalue weighted by Crippen LogP contribution is 2.15. The molecule has 0 N–H and O–H groups in total. The lowest BCUT2D eigenvalue weighted by Gasteiger charge is -2.05. The first-order valence-electron chi connectivity index (χ1n) is 11.1. The fraction of sp³-hybridized carbons (Fsp3) is 0.444. The molecule has 29 heavy (non-hydrogen) atoms. The van der Waals surface area contributed by atoms with E-state index in [1.54, 1.807) is 0 Å². The van der Waals surface area contributed by atoms with Gasteiger partial charge in [0.15, 0.2) is 0 Å². The summed E-state index contributed by atoms with van der Waals surface area (Å²) in [6.07, 6.45) is 26.5. The normalized spacial score (nSPS) is 11.6. The van der Waals surface area contributed by atoms with E-state index in [-0.39, 0.29) is 5.97 Å². The lowest BCUT2D eigenvalue weighted by molar-refractivity contribution is -0.134. The zero-order chi connectivity index (χ0) is 21.0. The summed E-state index contributed by atoms with van der Waals surface area (Å²) in [5.74, 6) is 0.490. The van der Waals surface area contributed by atoms with E-state index in [2.05, 4.69) is 50.0 Å². The number of ether oxygens (including phenoxy) is 1. The lowest BCUT2D eigenvalue weighted by Crippen LogP contribution is -2.07. The minimum absolute atomic E-state index is 0.136. The molecule has 0 aliphatic carbocycles. The second-order valence-corrected chi connectivity index (χ2v) is 7.21. The van der Waals surface area contributed by atoms with Crippen LogP contribution in [0.25, 0.3) is 0 Å². The van der Waals surface area contributed by atoms with Crippen LogP contribution in [-0.4, -0.2) is 5.97 Å². The molecule has 158 valence electrons. The molecule has 1 aromatic rings. The van der Waals surface area contributed by atoms with Gasteiger partial charge in [-0.2, -0.15) is 0 Å². The van der Waals surface area contributed by atoms with Crippen molar-refractivity contribution in [2.75, 3.05) is 0 Å². The van der Waals surface area contributed by atoms with E-state index in [1.165, 1.54) is 24.8 Å². The molecule has 0 unspecified atom stereocenters. The summed E-state index contributed by atoms with van der Waals surface area (Å²) in [5.41, 5.74) is 1.17. The standard InChI is InChI=1S/C27H38O2/c1-3-5-6-7-8-9-10-11-12-13-14-15-16-17-18-20-27(28)29-26-23-21-25(19-4-2)22-24-26/h4-6,8-9,11-12,21-24H,2-3,7,10,13-20H2,1H3/b6-5-,9-8-,12-11-. The molecular weight excluding hydrogens is 356 g/mol. The Bertz CT molecular complexity index is 635. The van der Waals surface area contributed by atoms with Crippen molar-refractivity contribution >= 4 is 5.97 Å². The summed E-state index contributed by atoms with van der Waals surface area (Å²) in [6.45, 7) is 5.88. The molecule has 1 aromatic carbocycles. The minimum Gasteiger partial charge on any atom is -0.427 e. The zero-order valence-electron chi connectivity index (χ0n) is 18.2. The maximum Gasteiger partial charge on any atom is 0.311 e. The van der Waals surface area contributed by atoms with Gasteiger partial charge in [0, 0.05) is 6.42 Å². The molecule has 0 saturated heterocycles. The van der Waals surface area contributed by atoms with Gasteiger partial charge in [0.05, 0.1) is 0 Å². The second kappa shape index (κ2) is 17.7. The highest BCUT2D eigenvalue weighted by atomic mass is 16.5. The van der Waals surface area contributed by atoms with E-state index in [9.17, 15) is 4.79 Å². The molecule has 0 aliphatic heterocycles. The van der Waals surface area contributed by atoms with Crippen LogP contribution in [0.15, 0.2) is 73.4 Å². The van der Waals surface area contributed by atoms with Gasteiger partial charge in [-0.05, 0) is 62.6 Å². The van der Waals surface area contributed by atoms with E-state index in [0.29, 0.717) is 12.2 Å². The number of hydrogen-bond donors (Lipinski definition) is 0. The number of hydrogen-bond acceptors (Lipinski definition) is 2. The molecule has 0 spiro atoms. The van der Waals surface area contributed by atoms with Gasteiger partial charge in [0.25, 0.3) is 0 Å². The number of rotatable bonds is 16. The number of esters is 1. The molecule has 0 atom stereocenters. The third kappa shape index (κ3) is 14.3. The second-order valence-electron chi connectivity index (χ2n) is 7.21. The Morgan fingerprint density at radius 3 is 2.17 bits per heavy atom. The third-order valence-electron chi connectivity index (χ3n) is 4.57. The molecule has 0 amide bonds. The van der Waals surface area contributed by atoms with Gasteiger partial charge < -0.3 is 4.74 Å². The average Bonchev–Trinajstić information content (AvgIpc) is 2.72. The highest BCUT2D eigenvalue weighted by molar-refractivity contribution is 5.72. The number of benzene rings is 1. The van der Waals surface area contributed by atoms with Gasteiger partial charge in [-0.3, -0.25) is 4.79 Å². The van der Waals surface area contributed by atoms with Gasteiger partial charge in [-0.25, -0.2) is 0 Å². The van der Waals surface area contributed by atoms with Gasteiger partial charge in [0.1, 0.15) is 5.75 Å². The van der Waals surface area contributed by atoms with E-state index >= 15 is 0 Å². The van der Waals surface area contributed by atoms with Crippen molar-refractivity contribution in [2.45, 2.75) is 77.6 Å². The zero-order valence-corrected chi connectivity index (χ0v) is 18.2. The Kier molecular flexibility index (Phi) is 15.1. The van der Waals surface area contributed by atoms with E-state index in [1.807, 2.05) is 30.3 Å². The summed E-state index contributed by atoms with van der Waals surface area (Å²) in [4.78, 5) is 11.9. The third-order valence-corrected chi connectivity index (χ3v) is 4.57. The molecule has 0 radical (unpaired) electrons. The molecule has 0 heterocycles. The first-order chi connectivity index (χ1) is 14.3. The lowest BCUT2D eigenvalue weighted by atomic mass is 10.1. The molecule has 0 saturated carbocycles. The number of unbranched alkanes of at least 4 members (excludes halogenated alkanes) is 5. The van der Waals surface area contributed by atoms with E-state index in [0.717, 1.165) is 44.9 Å². The number of allylic oxidation sites excluding steroid dienone is 7. The first kappa shape index (κ1) is 24.7. The summed E-state index contributed by atoms with van der Waals surface area (Å²) < 4.78 is 5.38. The smallest absolute Gasteiger partial charge is 0.311 e. The summed E-state index contributed by atoms with van der Waals surface area (Å²) in [6, 6.07) is 7.65. The monoisotopic (exact) mass is 394 g/mol. The molecule has 2 heteroatoms. The maximum absolute atomic E-state index is 11.9. The Balaban J connectivity index is 1.97. The minimum atomic E-state index is -0.136. The van der Waals surface area contributed by atoms with E-state index < -0.39 is 0 Å². The predicted molar refractivity (Wildman–Crippen MR) is 125 cm³/mol. The molecule has 0 fully saturated rings. The fourth-order valence-electron chi connectivity index (χ4n) is 2.93. The maximum atomic E-state index is 11.9. The van der Waals surface area contributed by atoms with Gasteiger partial charge >= 0.3 is 5.97 Å². The van der Waals surface area contributed by atoms with Crippen LogP contribution in [0.4, 0.5) is 0 Å². The largest absolute Gasteiger partial charge is 0.427 e. The number of carbonyl (C=O) groups excluding carboxylic acids is 1. The van der Waals surface area contributed by atoms with Gasteiger partial charge in [-0.15, -0.1) is 6.58 Å². The fourth-order valence-corrected chi connectivity index (χ4v) is 2.93. The molecule has 0 aromatic heterocycles. The molecular formula is C27H38O2. The van der Waals surface area contributed by atoms with Crippen LogP contribution < -0.4 is 4.74 Å².